The van der Waals surface area contributed by atoms with E-state index in [2.05, 4.69) is 9.97 Å². The highest BCUT2D eigenvalue weighted by Gasteiger charge is 2.08. The molecular formula is C17H15N3O3S. The summed E-state index contributed by atoms with van der Waals surface area (Å²) >= 11 is 1.50. The SMILES string of the molecule is COc1ccc2nc(SCc3ccc([N+](=O)[O-])cc3)nc(C)c2c1. The molecule has 7 heteroatoms. The summed E-state index contributed by atoms with van der Waals surface area (Å²) in [5.41, 5.74) is 2.84. The maximum atomic E-state index is 10.7. The third-order valence-corrected chi connectivity index (χ3v) is 4.51. The van der Waals surface area contributed by atoms with Crippen molar-refractivity contribution < 1.29 is 9.66 Å². The molecule has 2 aromatic carbocycles. The van der Waals surface area contributed by atoms with Gasteiger partial charge in [-0.3, -0.25) is 10.1 Å². The number of fused-ring (bicyclic) bond motifs is 1. The minimum Gasteiger partial charge on any atom is -0.497 e. The topological polar surface area (TPSA) is 78.2 Å². The van der Waals surface area contributed by atoms with Gasteiger partial charge in [-0.2, -0.15) is 0 Å². The molecule has 0 spiro atoms. The Morgan fingerprint density at radius 1 is 1.17 bits per heavy atom. The lowest BCUT2D eigenvalue weighted by molar-refractivity contribution is -0.384. The van der Waals surface area contributed by atoms with Crippen LogP contribution < -0.4 is 4.74 Å². The summed E-state index contributed by atoms with van der Waals surface area (Å²) < 4.78 is 5.23. The van der Waals surface area contributed by atoms with Crippen molar-refractivity contribution in [1.82, 2.24) is 9.97 Å². The molecule has 1 aromatic heterocycles. The van der Waals surface area contributed by atoms with Gasteiger partial charge in [-0.25, -0.2) is 9.97 Å². The normalized spacial score (nSPS) is 10.8. The largest absolute Gasteiger partial charge is 0.497 e. The van der Waals surface area contributed by atoms with Gasteiger partial charge in [-0.05, 0) is 30.7 Å². The lowest BCUT2D eigenvalue weighted by Gasteiger charge is -2.07. The standard InChI is InChI=1S/C17H15N3O3S/c1-11-15-9-14(23-2)7-8-16(15)19-17(18-11)24-10-12-3-5-13(6-4-12)20(21)22/h3-9H,10H2,1-2H3. The molecule has 0 radical (unpaired) electrons. The molecule has 3 aromatic rings. The first-order chi connectivity index (χ1) is 11.6. The second kappa shape index (κ2) is 6.84. The van der Waals surface area contributed by atoms with Crippen LogP contribution in [0.25, 0.3) is 10.9 Å². The first-order valence-electron chi connectivity index (χ1n) is 7.25. The Morgan fingerprint density at radius 3 is 2.58 bits per heavy atom. The van der Waals surface area contributed by atoms with Crippen LogP contribution in [0.4, 0.5) is 5.69 Å². The average molecular weight is 341 g/mol. The van der Waals surface area contributed by atoms with Gasteiger partial charge in [0.2, 0.25) is 0 Å². The summed E-state index contributed by atoms with van der Waals surface area (Å²) in [7, 11) is 1.63. The van der Waals surface area contributed by atoms with Crippen molar-refractivity contribution in [2.75, 3.05) is 7.11 Å². The van der Waals surface area contributed by atoms with Crippen molar-refractivity contribution in [2.45, 2.75) is 17.8 Å². The number of benzene rings is 2. The van der Waals surface area contributed by atoms with Gasteiger partial charge in [-0.15, -0.1) is 0 Å². The molecule has 0 saturated carbocycles. The molecule has 3 rings (SSSR count). The van der Waals surface area contributed by atoms with Crippen LogP contribution in [-0.2, 0) is 5.75 Å². The van der Waals surface area contributed by atoms with E-state index in [1.807, 2.05) is 25.1 Å². The van der Waals surface area contributed by atoms with Gasteiger partial charge >= 0.3 is 0 Å². The molecule has 24 heavy (non-hydrogen) atoms. The summed E-state index contributed by atoms with van der Waals surface area (Å²) in [5, 5.41) is 12.3. The fraction of sp³-hybridized carbons (Fsp3) is 0.176. The lowest BCUT2D eigenvalue weighted by Crippen LogP contribution is -1.94. The number of aromatic nitrogens is 2. The zero-order valence-corrected chi connectivity index (χ0v) is 14.0. The minimum atomic E-state index is -0.402. The second-order valence-electron chi connectivity index (χ2n) is 5.19. The summed E-state index contributed by atoms with van der Waals surface area (Å²) in [4.78, 5) is 19.4. The van der Waals surface area contributed by atoms with E-state index in [1.165, 1.54) is 23.9 Å². The number of hydrogen-bond acceptors (Lipinski definition) is 6. The number of rotatable bonds is 5. The monoisotopic (exact) mass is 341 g/mol. The number of non-ortho nitro benzene ring substituents is 1. The number of ether oxygens (including phenoxy) is 1. The van der Waals surface area contributed by atoms with E-state index in [0.29, 0.717) is 10.9 Å². The third kappa shape index (κ3) is 3.46. The lowest BCUT2D eigenvalue weighted by atomic mass is 10.2. The zero-order chi connectivity index (χ0) is 17.1. The molecule has 0 N–H and O–H groups in total. The molecule has 0 amide bonds. The van der Waals surface area contributed by atoms with Crippen molar-refractivity contribution in [3.05, 3.63) is 63.8 Å². The summed E-state index contributed by atoms with van der Waals surface area (Å²) in [6.45, 7) is 1.94. The molecule has 1 heterocycles. The van der Waals surface area contributed by atoms with Gasteiger partial charge in [0.05, 0.1) is 17.5 Å². The first-order valence-corrected chi connectivity index (χ1v) is 8.24. The van der Waals surface area contributed by atoms with Crippen molar-refractivity contribution in [1.29, 1.82) is 0 Å². The molecule has 0 aliphatic rings. The Bertz CT molecular complexity index is 897. The van der Waals surface area contributed by atoms with E-state index in [9.17, 15) is 10.1 Å². The Hall–Kier alpha value is -2.67. The van der Waals surface area contributed by atoms with Crippen molar-refractivity contribution in [2.24, 2.45) is 0 Å². The molecule has 0 atom stereocenters. The van der Waals surface area contributed by atoms with Gasteiger partial charge in [0.25, 0.3) is 5.69 Å². The Kier molecular flexibility index (Phi) is 4.61. The van der Waals surface area contributed by atoms with Crippen LogP contribution in [0.15, 0.2) is 47.6 Å². The van der Waals surface area contributed by atoms with Gasteiger partial charge in [0.1, 0.15) is 5.75 Å². The van der Waals surface area contributed by atoms with Crippen LogP contribution in [0.2, 0.25) is 0 Å². The number of aryl methyl sites for hydroxylation is 1. The molecule has 0 unspecified atom stereocenters. The number of methoxy groups -OCH3 is 1. The number of thioether (sulfide) groups is 1. The number of hydrogen-bond donors (Lipinski definition) is 0. The van der Waals surface area contributed by atoms with E-state index in [1.54, 1.807) is 19.2 Å². The molecule has 0 aliphatic heterocycles. The molecular weight excluding hydrogens is 326 g/mol. The molecule has 0 aliphatic carbocycles. The Balaban J connectivity index is 1.79. The van der Waals surface area contributed by atoms with Crippen LogP contribution in [0.5, 0.6) is 5.75 Å². The zero-order valence-electron chi connectivity index (χ0n) is 13.2. The average Bonchev–Trinajstić information content (AvgIpc) is 2.60. The highest BCUT2D eigenvalue weighted by atomic mass is 32.2. The van der Waals surface area contributed by atoms with Crippen molar-refractivity contribution in [3.63, 3.8) is 0 Å². The van der Waals surface area contributed by atoms with E-state index in [4.69, 9.17) is 4.74 Å². The van der Waals surface area contributed by atoms with Crippen LogP contribution in [-0.4, -0.2) is 22.0 Å². The number of nitro benzene ring substituents is 1. The molecule has 0 fully saturated rings. The highest BCUT2D eigenvalue weighted by molar-refractivity contribution is 7.98. The molecule has 0 bridgehead atoms. The van der Waals surface area contributed by atoms with E-state index in [0.717, 1.165) is 27.9 Å². The summed E-state index contributed by atoms with van der Waals surface area (Å²) in [6.07, 6.45) is 0. The van der Waals surface area contributed by atoms with Gasteiger partial charge in [0.15, 0.2) is 5.16 Å². The maximum absolute atomic E-state index is 10.7. The summed E-state index contributed by atoms with van der Waals surface area (Å²) in [6, 6.07) is 12.2. The van der Waals surface area contributed by atoms with E-state index in [-0.39, 0.29) is 5.69 Å². The minimum absolute atomic E-state index is 0.0931. The predicted octanol–water partition coefficient (Wildman–Crippen LogP) is 4.15. The van der Waals surface area contributed by atoms with Crippen LogP contribution in [0, 0.1) is 17.0 Å². The fourth-order valence-electron chi connectivity index (χ4n) is 2.29. The van der Waals surface area contributed by atoms with Crippen LogP contribution >= 0.6 is 11.8 Å². The Morgan fingerprint density at radius 2 is 1.92 bits per heavy atom. The third-order valence-electron chi connectivity index (χ3n) is 3.59. The quantitative estimate of drug-likeness (QED) is 0.300. The van der Waals surface area contributed by atoms with Crippen molar-refractivity contribution in [3.8, 4) is 5.75 Å². The van der Waals surface area contributed by atoms with Crippen molar-refractivity contribution >= 4 is 28.4 Å². The predicted molar refractivity (Wildman–Crippen MR) is 93.5 cm³/mol. The first kappa shape index (κ1) is 16.2. The molecule has 0 saturated heterocycles. The van der Waals surface area contributed by atoms with Gasteiger partial charge in [-0.1, -0.05) is 23.9 Å². The highest BCUT2D eigenvalue weighted by Crippen LogP contribution is 2.26. The smallest absolute Gasteiger partial charge is 0.269 e. The fourth-order valence-corrected chi connectivity index (χ4v) is 3.14. The molecule has 6 nitrogen and oxygen atoms in total. The van der Waals surface area contributed by atoms with E-state index < -0.39 is 4.92 Å². The van der Waals surface area contributed by atoms with E-state index >= 15 is 0 Å². The second-order valence-corrected chi connectivity index (χ2v) is 6.13. The Labute approximate surface area is 143 Å². The maximum Gasteiger partial charge on any atom is 0.269 e. The number of nitrogens with zero attached hydrogens (tertiary/aromatic N) is 3. The summed E-state index contributed by atoms with van der Waals surface area (Å²) in [5.74, 6) is 1.43. The number of nitro groups is 1. The molecule has 122 valence electrons. The van der Waals surface area contributed by atoms with Crippen LogP contribution in [0.3, 0.4) is 0 Å². The van der Waals surface area contributed by atoms with Crippen LogP contribution in [0.1, 0.15) is 11.3 Å². The van der Waals surface area contributed by atoms with Gasteiger partial charge in [0, 0.05) is 29.0 Å². The van der Waals surface area contributed by atoms with Gasteiger partial charge < -0.3 is 4.74 Å².